The second kappa shape index (κ2) is 7.87. The molecule has 2 heterocycles. The van der Waals surface area contributed by atoms with Crippen LogP contribution in [0.5, 0.6) is 5.75 Å². The van der Waals surface area contributed by atoms with Crippen molar-refractivity contribution in [2.45, 2.75) is 32.4 Å². The van der Waals surface area contributed by atoms with Gasteiger partial charge in [0.25, 0.3) is 0 Å². The molecule has 1 saturated heterocycles. The standard InChI is InChI=1S/C16H21N5O3/c1-2-23-13-7-5-12(6-8-13)16-18-20-21(19-16)11-15(22)17-10-14-4-3-9-24-14/h5-8,14H,2-4,9-11H2,1H3,(H,17,22)/t14-/m0/s1. The van der Waals surface area contributed by atoms with Gasteiger partial charge in [0, 0.05) is 18.7 Å². The van der Waals surface area contributed by atoms with Crippen LogP contribution in [0, 0.1) is 0 Å². The Labute approximate surface area is 140 Å². The predicted octanol–water partition coefficient (Wildman–Crippen LogP) is 1.03. The van der Waals surface area contributed by atoms with Crippen molar-refractivity contribution in [3.63, 3.8) is 0 Å². The maximum atomic E-state index is 11.9. The molecule has 1 fully saturated rings. The number of hydrogen-bond donors (Lipinski definition) is 1. The van der Waals surface area contributed by atoms with Gasteiger partial charge in [0.1, 0.15) is 12.3 Å². The van der Waals surface area contributed by atoms with Gasteiger partial charge in [0.05, 0.1) is 12.7 Å². The predicted molar refractivity (Wildman–Crippen MR) is 86.4 cm³/mol. The van der Waals surface area contributed by atoms with Crippen LogP contribution in [-0.4, -0.2) is 52.0 Å². The molecule has 1 amide bonds. The summed E-state index contributed by atoms with van der Waals surface area (Å²) in [5.41, 5.74) is 0.824. The molecule has 0 radical (unpaired) electrons. The third kappa shape index (κ3) is 4.29. The molecule has 2 aromatic rings. The fraction of sp³-hybridized carbons (Fsp3) is 0.500. The maximum Gasteiger partial charge on any atom is 0.243 e. The molecule has 0 aliphatic carbocycles. The summed E-state index contributed by atoms with van der Waals surface area (Å²) in [6.07, 6.45) is 2.16. The van der Waals surface area contributed by atoms with Crippen LogP contribution in [0.2, 0.25) is 0 Å². The zero-order valence-electron chi connectivity index (χ0n) is 13.6. The lowest BCUT2D eigenvalue weighted by Gasteiger charge is -2.10. The molecule has 1 aliphatic rings. The fourth-order valence-electron chi connectivity index (χ4n) is 2.51. The van der Waals surface area contributed by atoms with Crippen LogP contribution in [0.1, 0.15) is 19.8 Å². The molecule has 0 bridgehead atoms. The van der Waals surface area contributed by atoms with E-state index in [1.807, 2.05) is 31.2 Å². The van der Waals surface area contributed by atoms with Gasteiger partial charge in [-0.15, -0.1) is 10.2 Å². The van der Waals surface area contributed by atoms with Crippen molar-refractivity contribution in [1.29, 1.82) is 0 Å². The van der Waals surface area contributed by atoms with E-state index in [1.165, 1.54) is 4.80 Å². The number of rotatable bonds is 7. The molecule has 24 heavy (non-hydrogen) atoms. The summed E-state index contributed by atoms with van der Waals surface area (Å²) in [6.45, 7) is 3.90. The minimum absolute atomic E-state index is 0.0384. The van der Waals surface area contributed by atoms with Crippen molar-refractivity contribution in [3.05, 3.63) is 24.3 Å². The normalized spacial score (nSPS) is 17.0. The Morgan fingerprint density at radius 1 is 1.42 bits per heavy atom. The van der Waals surface area contributed by atoms with E-state index < -0.39 is 0 Å². The van der Waals surface area contributed by atoms with E-state index >= 15 is 0 Å². The molecule has 1 atom stereocenters. The zero-order chi connectivity index (χ0) is 16.8. The van der Waals surface area contributed by atoms with Gasteiger partial charge in [-0.05, 0) is 49.2 Å². The summed E-state index contributed by atoms with van der Waals surface area (Å²) in [4.78, 5) is 13.2. The number of aromatic nitrogens is 4. The minimum atomic E-state index is -0.152. The second-order valence-corrected chi connectivity index (χ2v) is 5.54. The van der Waals surface area contributed by atoms with Gasteiger partial charge in [0.15, 0.2) is 0 Å². The van der Waals surface area contributed by atoms with Gasteiger partial charge < -0.3 is 14.8 Å². The Balaban J connectivity index is 1.53. The van der Waals surface area contributed by atoms with Gasteiger partial charge in [-0.2, -0.15) is 4.80 Å². The Hall–Kier alpha value is -2.48. The smallest absolute Gasteiger partial charge is 0.243 e. The summed E-state index contributed by atoms with van der Waals surface area (Å²) >= 11 is 0. The molecular formula is C16H21N5O3. The van der Waals surface area contributed by atoms with Crippen molar-refractivity contribution >= 4 is 5.91 Å². The van der Waals surface area contributed by atoms with Crippen molar-refractivity contribution in [2.24, 2.45) is 0 Å². The topological polar surface area (TPSA) is 91.2 Å². The van der Waals surface area contributed by atoms with Crippen LogP contribution in [0.25, 0.3) is 11.4 Å². The number of benzene rings is 1. The van der Waals surface area contributed by atoms with Gasteiger partial charge in [-0.1, -0.05) is 0 Å². The van der Waals surface area contributed by atoms with Crippen molar-refractivity contribution in [2.75, 3.05) is 19.8 Å². The summed E-state index contributed by atoms with van der Waals surface area (Å²) < 4.78 is 10.9. The molecule has 128 valence electrons. The molecule has 0 unspecified atom stereocenters. The maximum absolute atomic E-state index is 11.9. The van der Waals surface area contributed by atoms with Gasteiger partial charge >= 0.3 is 0 Å². The van der Waals surface area contributed by atoms with E-state index in [0.29, 0.717) is 19.0 Å². The lowest BCUT2D eigenvalue weighted by Crippen LogP contribution is -2.34. The van der Waals surface area contributed by atoms with Crippen molar-refractivity contribution in [3.8, 4) is 17.1 Å². The first-order valence-corrected chi connectivity index (χ1v) is 8.14. The summed E-state index contributed by atoms with van der Waals surface area (Å²) in [6, 6.07) is 7.44. The number of hydrogen-bond acceptors (Lipinski definition) is 6. The zero-order valence-corrected chi connectivity index (χ0v) is 13.6. The second-order valence-electron chi connectivity index (χ2n) is 5.54. The van der Waals surface area contributed by atoms with Crippen molar-refractivity contribution in [1.82, 2.24) is 25.5 Å². The SMILES string of the molecule is CCOc1ccc(-c2nnn(CC(=O)NC[C@@H]3CCCO3)n2)cc1. The van der Waals surface area contributed by atoms with E-state index in [1.54, 1.807) is 0 Å². The molecule has 1 aromatic carbocycles. The lowest BCUT2D eigenvalue weighted by molar-refractivity contribution is -0.122. The molecule has 1 N–H and O–H groups in total. The Kier molecular flexibility index (Phi) is 5.37. The number of ether oxygens (including phenoxy) is 2. The summed E-state index contributed by atoms with van der Waals surface area (Å²) in [7, 11) is 0. The minimum Gasteiger partial charge on any atom is -0.494 e. The van der Waals surface area contributed by atoms with Crippen LogP contribution in [0.4, 0.5) is 0 Å². The number of carbonyl (C=O) groups is 1. The number of carbonyl (C=O) groups excluding carboxylic acids is 1. The van der Waals surface area contributed by atoms with Crippen LogP contribution in [0.15, 0.2) is 24.3 Å². The van der Waals surface area contributed by atoms with E-state index in [0.717, 1.165) is 30.8 Å². The Morgan fingerprint density at radius 3 is 2.96 bits per heavy atom. The molecule has 8 heteroatoms. The van der Waals surface area contributed by atoms with E-state index in [2.05, 4.69) is 20.7 Å². The first kappa shape index (κ1) is 16.4. The monoisotopic (exact) mass is 331 g/mol. The average molecular weight is 331 g/mol. The molecule has 1 aliphatic heterocycles. The number of nitrogens with one attached hydrogen (secondary N) is 1. The Bertz CT molecular complexity index is 665. The van der Waals surface area contributed by atoms with Crippen LogP contribution in [0.3, 0.4) is 0 Å². The largest absolute Gasteiger partial charge is 0.494 e. The molecule has 0 saturated carbocycles. The third-order valence-corrected chi connectivity index (χ3v) is 3.71. The van der Waals surface area contributed by atoms with Gasteiger partial charge in [-0.3, -0.25) is 4.79 Å². The highest BCUT2D eigenvalue weighted by Gasteiger charge is 2.16. The van der Waals surface area contributed by atoms with Crippen LogP contribution >= 0.6 is 0 Å². The fourth-order valence-corrected chi connectivity index (χ4v) is 2.51. The Morgan fingerprint density at radius 2 is 2.25 bits per heavy atom. The first-order chi connectivity index (χ1) is 11.7. The first-order valence-electron chi connectivity index (χ1n) is 8.14. The number of nitrogens with zero attached hydrogens (tertiary/aromatic N) is 4. The van der Waals surface area contributed by atoms with Gasteiger partial charge in [-0.25, -0.2) is 0 Å². The van der Waals surface area contributed by atoms with Crippen LogP contribution in [-0.2, 0) is 16.1 Å². The van der Waals surface area contributed by atoms with E-state index in [-0.39, 0.29) is 18.6 Å². The highest BCUT2D eigenvalue weighted by molar-refractivity contribution is 5.75. The van der Waals surface area contributed by atoms with Gasteiger partial charge in [0.2, 0.25) is 11.7 Å². The molecule has 3 rings (SSSR count). The average Bonchev–Trinajstić information content (AvgIpc) is 3.26. The van der Waals surface area contributed by atoms with Crippen molar-refractivity contribution < 1.29 is 14.3 Å². The molecule has 0 spiro atoms. The third-order valence-electron chi connectivity index (χ3n) is 3.71. The summed E-state index contributed by atoms with van der Waals surface area (Å²) in [5, 5.41) is 15.0. The number of tetrazole rings is 1. The number of amides is 1. The quantitative estimate of drug-likeness (QED) is 0.815. The summed E-state index contributed by atoms with van der Waals surface area (Å²) in [5.74, 6) is 1.12. The van der Waals surface area contributed by atoms with Crippen LogP contribution < -0.4 is 10.1 Å². The molecule has 8 nitrogen and oxygen atoms in total. The van der Waals surface area contributed by atoms with E-state index in [9.17, 15) is 4.79 Å². The van der Waals surface area contributed by atoms with E-state index in [4.69, 9.17) is 9.47 Å². The lowest BCUT2D eigenvalue weighted by atomic mass is 10.2. The highest BCUT2D eigenvalue weighted by atomic mass is 16.5. The highest BCUT2D eigenvalue weighted by Crippen LogP contribution is 2.18. The molecule has 1 aromatic heterocycles. The molecular weight excluding hydrogens is 310 g/mol.